The molecule has 1 rings (SSSR count). The van der Waals surface area contributed by atoms with Crippen LogP contribution in [0.25, 0.3) is 0 Å². The topological polar surface area (TPSA) is 63.5 Å². The number of benzene rings is 1. The highest BCUT2D eigenvalue weighted by molar-refractivity contribution is 6.33. The molecule has 0 aliphatic heterocycles. The summed E-state index contributed by atoms with van der Waals surface area (Å²) in [6.07, 6.45) is 0. The highest BCUT2D eigenvalue weighted by Gasteiger charge is 2.20. The number of nitro benzene ring substituents is 1. The third-order valence-electron chi connectivity index (χ3n) is 2.65. The molecule has 0 heterocycles. The number of hydrogen-bond donors (Lipinski definition) is 0. The molecular weight excluding hydrogens is 268 g/mol. The van der Waals surface area contributed by atoms with Gasteiger partial charge in [-0.25, -0.2) is 0 Å². The molecule has 0 radical (unpaired) electrons. The molecule has 104 valence electrons. The van der Waals surface area contributed by atoms with Crippen LogP contribution in [0.2, 0.25) is 5.02 Å². The Bertz CT molecular complexity index is 489. The van der Waals surface area contributed by atoms with E-state index in [1.165, 1.54) is 18.2 Å². The van der Waals surface area contributed by atoms with Gasteiger partial charge in [-0.3, -0.25) is 14.9 Å². The Balaban J connectivity index is 3.09. The van der Waals surface area contributed by atoms with Gasteiger partial charge in [0.25, 0.3) is 11.6 Å². The maximum Gasteiger partial charge on any atom is 0.270 e. The maximum absolute atomic E-state index is 12.3. The highest BCUT2D eigenvalue weighted by atomic mass is 35.5. The summed E-state index contributed by atoms with van der Waals surface area (Å²) < 4.78 is 0. The fraction of sp³-hybridized carbons (Fsp3) is 0.462. The van der Waals surface area contributed by atoms with Gasteiger partial charge < -0.3 is 4.90 Å². The van der Waals surface area contributed by atoms with Crippen LogP contribution in [0.15, 0.2) is 18.2 Å². The SMILES string of the molecule is CCN(CC(C)C)C(=O)c1cc([N+](=O)[O-])ccc1Cl. The van der Waals surface area contributed by atoms with Crippen LogP contribution in [-0.4, -0.2) is 28.8 Å². The summed E-state index contributed by atoms with van der Waals surface area (Å²) in [5, 5.41) is 11.0. The fourth-order valence-corrected chi connectivity index (χ4v) is 1.96. The number of amides is 1. The van der Waals surface area contributed by atoms with E-state index >= 15 is 0 Å². The van der Waals surface area contributed by atoms with Gasteiger partial charge in [0, 0.05) is 25.2 Å². The van der Waals surface area contributed by atoms with E-state index in [2.05, 4.69) is 0 Å². The summed E-state index contributed by atoms with van der Waals surface area (Å²) in [5.74, 6) is 0.0475. The second kappa shape index (κ2) is 6.52. The van der Waals surface area contributed by atoms with Crippen molar-refractivity contribution in [2.75, 3.05) is 13.1 Å². The molecule has 0 unspecified atom stereocenters. The standard InChI is InChI=1S/C13H17ClN2O3/c1-4-15(8-9(2)3)13(17)11-7-10(16(18)19)5-6-12(11)14/h5-7,9H,4,8H2,1-3H3. The highest BCUT2D eigenvalue weighted by Crippen LogP contribution is 2.23. The van der Waals surface area contributed by atoms with E-state index in [-0.39, 0.29) is 22.2 Å². The molecular formula is C13H17ClN2O3. The molecule has 0 aliphatic carbocycles. The molecule has 5 nitrogen and oxygen atoms in total. The summed E-state index contributed by atoms with van der Waals surface area (Å²) in [5.41, 5.74) is 0.0479. The van der Waals surface area contributed by atoms with Crippen LogP contribution >= 0.6 is 11.6 Å². The summed E-state index contributed by atoms with van der Waals surface area (Å²) >= 11 is 5.96. The molecule has 0 saturated heterocycles. The van der Waals surface area contributed by atoms with Gasteiger partial charge >= 0.3 is 0 Å². The molecule has 0 aromatic heterocycles. The lowest BCUT2D eigenvalue weighted by Gasteiger charge is -2.23. The number of carbonyl (C=O) groups is 1. The molecule has 6 heteroatoms. The molecule has 0 aliphatic rings. The molecule has 1 amide bonds. The first-order chi connectivity index (χ1) is 8.86. The van der Waals surface area contributed by atoms with Crippen LogP contribution in [0.5, 0.6) is 0 Å². The van der Waals surface area contributed by atoms with Crippen LogP contribution in [0.3, 0.4) is 0 Å². The number of nitrogens with zero attached hydrogens (tertiary/aromatic N) is 2. The van der Waals surface area contributed by atoms with Crippen molar-refractivity contribution < 1.29 is 9.72 Å². The molecule has 0 fully saturated rings. The quantitative estimate of drug-likeness (QED) is 0.615. The first-order valence-corrected chi connectivity index (χ1v) is 6.47. The van der Waals surface area contributed by atoms with Gasteiger partial charge in [-0.1, -0.05) is 25.4 Å². The Morgan fingerprint density at radius 3 is 2.58 bits per heavy atom. The average Bonchev–Trinajstić information content (AvgIpc) is 2.35. The lowest BCUT2D eigenvalue weighted by Crippen LogP contribution is -2.34. The minimum absolute atomic E-state index is 0.131. The molecule has 19 heavy (non-hydrogen) atoms. The first-order valence-electron chi connectivity index (χ1n) is 6.10. The van der Waals surface area contributed by atoms with Crippen molar-refractivity contribution >= 4 is 23.2 Å². The van der Waals surface area contributed by atoms with Crippen molar-refractivity contribution in [2.24, 2.45) is 5.92 Å². The normalized spacial score (nSPS) is 10.6. The molecule has 0 N–H and O–H groups in total. The van der Waals surface area contributed by atoms with E-state index in [0.29, 0.717) is 19.0 Å². The van der Waals surface area contributed by atoms with Gasteiger partial charge in [-0.15, -0.1) is 0 Å². The summed E-state index contributed by atoms with van der Waals surface area (Å²) in [7, 11) is 0. The molecule has 0 atom stereocenters. The van der Waals surface area contributed by atoms with E-state index in [0.717, 1.165) is 0 Å². The van der Waals surface area contributed by atoms with Crippen molar-refractivity contribution in [3.8, 4) is 0 Å². The Kier molecular flexibility index (Phi) is 5.30. The Labute approximate surface area is 117 Å². The predicted molar refractivity (Wildman–Crippen MR) is 74.5 cm³/mol. The molecule has 1 aromatic carbocycles. The van der Waals surface area contributed by atoms with Gasteiger partial charge in [-0.05, 0) is 18.9 Å². The van der Waals surface area contributed by atoms with Gasteiger partial charge in [-0.2, -0.15) is 0 Å². The minimum atomic E-state index is -0.536. The predicted octanol–water partition coefficient (Wildman–Crippen LogP) is 3.37. The summed E-state index contributed by atoms with van der Waals surface area (Å²) in [4.78, 5) is 24.2. The molecule has 0 bridgehead atoms. The first kappa shape index (κ1) is 15.4. The number of nitro groups is 1. The zero-order valence-electron chi connectivity index (χ0n) is 11.2. The summed E-state index contributed by atoms with van der Waals surface area (Å²) in [6, 6.07) is 3.90. The van der Waals surface area contributed by atoms with E-state index in [4.69, 9.17) is 11.6 Å². The fourth-order valence-electron chi connectivity index (χ4n) is 1.76. The average molecular weight is 285 g/mol. The number of rotatable bonds is 5. The van der Waals surface area contributed by atoms with E-state index in [9.17, 15) is 14.9 Å². The third-order valence-corrected chi connectivity index (χ3v) is 2.98. The van der Waals surface area contributed by atoms with Gasteiger partial charge in [0.15, 0.2) is 0 Å². The van der Waals surface area contributed by atoms with Crippen LogP contribution in [0, 0.1) is 16.0 Å². The van der Waals surface area contributed by atoms with Crippen LogP contribution in [0.1, 0.15) is 31.1 Å². The number of carbonyl (C=O) groups excluding carboxylic acids is 1. The van der Waals surface area contributed by atoms with Gasteiger partial charge in [0.2, 0.25) is 0 Å². The minimum Gasteiger partial charge on any atom is -0.339 e. The third kappa shape index (κ3) is 3.92. The van der Waals surface area contributed by atoms with Gasteiger partial charge in [0.1, 0.15) is 0 Å². The molecule has 0 spiro atoms. The molecule has 1 aromatic rings. The van der Waals surface area contributed by atoms with Crippen LogP contribution < -0.4 is 0 Å². The van der Waals surface area contributed by atoms with E-state index < -0.39 is 4.92 Å². The van der Waals surface area contributed by atoms with Crippen molar-refractivity contribution in [2.45, 2.75) is 20.8 Å². The monoisotopic (exact) mass is 284 g/mol. The second-order valence-electron chi connectivity index (χ2n) is 4.66. The number of halogens is 1. The number of hydrogen-bond acceptors (Lipinski definition) is 3. The second-order valence-corrected chi connectivity index (χ2v) is 5.07. The number of non-ortho nitro benzene ring substituents is 1. The van der Waals surface area contributed by atoms with Crippen LogP contribution in [0.4, 0.5) is 5.69 Å². The van der Waals surface area contributed by atoms with Gasteiger partial charge in [0.05, 0.1) is 15.5 Å². The maximum atomic E-state index is 12.3. The van der Waals surface area contributed by atoms with Crippen molar-refractivity contribution in [3.63, 3.8) is 0 Å². The van der Waals surface area contributed by atoms with Crippen molar-refractivity contribution in [3.05, 3.63) is 38.9 Å². The molecule has 0 saturated carbocycles. The lowest BCUT2D eigenvalue weighted by atomic mass is 10.1. The largest absolute Gasteiger partial charge is 0.339 e. The zero-order chi connectivity index (χ0) is 14.6. The summed E-state index contributed by atoms with van der Waals surface area (Å²) in [6.45, 7) is 7.01. The Morgan fingerprint density at radius 1 is 1.47 bits per heavy atom. The smallest absolute Gasteiger partial charge is 0.270 e. The van der Waals surface area contributed by atoms with E-state index in [1.54, 1.807) is 4.90 Å². The van der Waals surface area contributed by atoms with E-state index in [1.807, 2.05) is 20.8 Å². The van der Waals surface area contributed by atoms with Crippen molar-refractivity contribution in [1.29, 1.82) is 0 Å². The zero-order valence-corrected chi connectivity index (χ0v) is 12.0. The Morgan fingerprint density at radius 2 is 2.11 bits per heavy atom. The Hall–Kier alpha value is -1.62. The van der Waals surface area contributed by atoms with Crippen molar-refractivity contribution in [1.82, 2.24) is 4.90 Å². The lowest BCUT2D eigenvalue weighted by molar-refractivity contribution is -0.384. The van der Waals surface area contributed by atoms with Crippen LogP contribution in [-0.2, 0) is 0 Å².